The first-order valence-electron chi connectivity index (χ1n) is 6.43. The SMILES string of the molecule is CCC(C)(C)NC(=O)Cn1cnc2cc(F)c(F)cc21. The van der Waals surface area contributed by atoms with Gasteiger partial charge in [0, 0.05) is 17.7 Å². The van der Waals surface area contributed by atoms with E-state index in [1.807, 2.05) is 20.8 Å². The fraction of sp³-hybridized carbons (Fsp3) is 0.429. The molecule has 2 rings (SSSR count). The van der Waals surface area contributed by atoms with Crippen LogP contribution in [-0.2, 0) is 11.3 Å². The van der Waals surface area contributed by atoms with Crippen molar-refractivity contribution in [3.63, 3.8) is 0 Å². The van der Waals surface area contributed by atoms with Gasteiger partial charge in [0.1, 0.15) is 6.54 Å². The standard InChI is InChI=1S/C14H17F2N3O/c1-4-14(2,3)18-13(20)7-19-8-17-11-5-9(15)10(16)6-12(11)19/h5-6,8H,4,7H2,1-3H3,(H,18,20). The summed E-state index contributed by atoms with van der Waals surface area (Å²) < 4.78 is 27.8. The van der Waals surface area contributed by atoms with Crippen molar-refractivity contribution in [3.8, 4) is 0 Å². The first-order chi connectivity index (χ1) is 9.32. The molecular formula is C14H17F2N3O. The van der Waals surface area contributed by atoms with Gasteiger partial charge in [-0.2, -0.15) is 0 Å². The fourth-order valence-electron chi connectivity index (χ4n) is 1.84. The van der Waals surface area contributed by atoms with E-state index in [0.717, 1.165) is 18.6 Å². The molecule has 1 aromatic heterocycles. The zero-order valence-electron chi connectivity index (χ0n) is 11.7. The Labute approximate surface area is 115 Å². The third kappa shape index (κ3) is 2.95. The van der Waals surface area contributed by atoms with Gasteiger partial charge in [0.15, 0.2) is 11.6 Å². The molecule has 1 aromatic carbocycles. The van der Waals surface area contributed by atoms with Crippen LogP contribution in [0, 0.1) is 11.6 Å². The number of nitrogens with zero attached hydrogens (tertiary/aromatic N) is 2. The number of amides is 1. The Morgan fingerprint density at radius 1 is 1.35 bits per heavy atom. The molecule has 0 spiro atoms. The van der Waals surface area contributed by atoms with Crippen LogP contribution in [0.1, 0.15) is 27.2 Å². The molecule has 0 unspecified atom stereocenters. The maximum Gasteiger partial charge on any atom is 0.240 e. The van der Waals surface area contributed by atoms with Crippen LogP contribution in [0.2, 0.25) is 0 Å². The van der Waals surface area contributed by atoms with Crippen LogP contribution < -0.4 is 5.32 Å². The summed E-state index contributed by atoms with van der Waals surface area (Å²) in [6.45, 7) is 5.84. The van der Waals surface area contributed by atoms with Gasteiger partial charge in [-0.05, 0) is 20.3 Å². The highest BCUT2D eigenvalue weighted by atomic mass is 19.2. The highest BCUT2D eigenvalue weighted by Gasteiger charge is 2.18. The maximum absolute atomic E-state index is 13.3. The van der Waals surface area contributed by atoms with Gasteiger partial charge in [-0.15, -0.1) is 0 Å². The smallest absolute Gasteiger partial charge is 0.240 e. The van der Waals surface area contributed by atoms with Gasteiger partial charge in [0.2, 0.25) is 5.91 Å². The van der Waals surface area contributed by atoms with E-state index in [4.69, 9.17) is 0 Å². The molecule has 0 atom stereocenters. The minimum atomic E-state index is -0.950. The lowest BCUT2D eigenvalue weighted by molar-refractivity contribution is -0.123. The average Bonchev–Trinajstić information content (AvgIpc) is 2.72. The molecule has 1 N–H and O–H groups in total. The summed E-state index contributed by atoms with van der Waals surface area (Å²) in [6.07, 6.45) is 2.20. The second-order valence-corrected chi connectivity index (χ2v) is 5.41. The summed E-state index contributed by atoms with van der Waals surface area (Å²) in [7, 11) is 0. The van der Waals surface area contributed by atoms with Crippen molar-refractivity contribution < 1.29 is 13.6 Å². The van der Waals surface area contributed by atoms with Crippen LogP contribution in [0.5, 0.6) is 0 Å². The molecule has 0 bridgehead atoms. The quantitative estimate of drug-likeness (QED) is 0.936. The normalized spacial score (nSPS) is 11.8. The topological polar surface area (TPSA) is 46.9 Å². The summed E-state index contributed by atoms with van der Waals surface area (Å²) in [6, 6.07) is 2.07. The van der Waals surface area contributed by atoms with Gasteiger partial charge in [-0.25, -0.2) is 13.8 Å². The number of fused-ring (bicyclic) bond motifs is 1. The van der Waals surface area contributed by atoms with Crippen LogP contribution in [0.15, 0.2) is 18.5 Å². The predicted octanol–water partition coefficient (Wildman–Crippen LogP) is 2.62. The Kier molecular flexibility index (Phi) is 3.74. The molecule has 0 saturated heterocycles. The largest absolute Gasteiger partial charge is 0.350 e. The first kappa shape index (κ1) is 14.4. The number of hydrogen-bond donors (Lipinski definition) is 1. The molecule has 6 heteroatoms. The lowest BCUT2D eigenvalue weighted by atomic mass is 10.0. The van der Waals surface area contributed by atoms with Crippen LogP contribution >= 0.6 is 0 Å². The van der Waals surface area contributed by atoms with Crippen molar-refractivity contribution in [1.82, 2.24) is 14.9 Å². The summed E-state index contributed by atoms with van der Waals surface area (Å²) in [5, 5.41) is 2.88. The first-order valence-corrected chi connectivity index (χ1v) is 6.43. The Hall–Kier alpha value is -1.98. The molecule has 4 nitrogen and oxygen atoms in total. The van der Waals surface area contributed by atoms with Crippen molar-refractivity contribution in [3.05, 3.63) is 30.1 Å². The van der Waals surface area contributed by atoms with Gasteiger partial charge < -0.3 is 9.88 Å². The van der Waals surface area contributed by atoms with Crippen LogP contribution in [0.4, 0.5) is 8.78 Å². The maximum atomic E-state index is 13.3. The lowest BCUT2D eigenvalue weighted by Crippen LogP contribution is -2.44. The molecule has 0 aliphatic rings. The molecule has 2 aromatic rings. The second-order valence-electron chi connectivity index (χ2n) is 5.41. The Morgan fingerprint density at radius 3 is 2.65 bits per heavy atom. The zero-order chi connectivity index (χ0) is 14.9. The van der Waals surface area contributed by atoms with Crippen molar-refractivity contribution in [2.24, 2.45) is 0 Å². The number of rotatable bonds is 4. The monoisotopic (exact) mass is 281 g/mol. The van der Waals surface area contributed by atoms with Gasteiger partial charge in [0.25, 0.3) is 0 Å². The predicted molar refractivity (Wildman–Crippen MR) is 72.2 cm³/mol. The number of nitrogens with one attached hydrogen (secondary N) is 1. The van der Waals surface area contributed by atoms with Gasteiger partial charge in [-0.3, -0.25) is 4.79 Å². The van der Waals surface area contributed by atoms with Gasteiger partial charge in [0.05, 0.1) is 17.4 Å². The van der Waals surface area contributed by atoms with Crippen molar-refractivity contribution >= 4 is 16.9 Å². The van der Waals surface area contributed by atoms with E-state index in [9.17, 15) is 13.6 Å². The van der Waals surface area contributed by atoms with E-state index in [2.05, 4.69) is 10.3 Å². The third-order valence-electron chi connectivity index (χ3n) is 3.34. The molecule has 0 saturated carbocycles. The summed E-state index contributed by atoms with van der Waals surface area (Å²) in [4.78, 5) is 15.9. The fourth-order valence-corrected chi connectivity index (χ4v) is 1.84. The van der Waals surface area contributed by atoms with Crippen molar-refractivity contribution in [2.75, 3.05) is 0 Å². The Bertz CT molecular complexity index is 649. The number of carbonyl (C=O) groups is 1. The van der Waals surface area contributed by atoms with E-state index in [-0.39, 0.29) is 18.0 Å². The molecule has 1 amide bonds. The molecule has 108 valence electrons. The van der Waals surface area contributed by atoms with E-state index in [1.165, 1.54) is 10.9 Å². The summed E-state index contributed by atoms with van der Waals surface area (Å²) >= 11 is 0. The Morgan fingerprint density at radius 2 is 2.00 bits per heavy atom. The number of benzene rings is 1. The minimum Gasteiger partial charge on any atom is -0.350 e. The molecule has 0 radical (unpaired) electrons. The third-order valence-corrected chi connectivity index (χ3v) is 3.34. The number of imidazole rings is 1. The molecule has 0 aliphatic carbocycles. The lowest BCUT2D eigenvalue weighted by Gasteiger charge is -2.24. The zero-order valence-corrected chi connectivity index (χ0v) is 11.7. The van der Waals surface area contributed by atoms with Gasteiger partial charge >= 0.3 is 0 Å². The summed E-state index contributed by atoms with van der Waals surface area (Å²) in [5.41, 5.74) is 0.421. The highest BCUT2D eigenvalue weighted by molar-refractivity contribution is 5.81. The number of halogens is 2. The van der Waals surface area contributed by atoms with E-state index in [1.54, 1.807) is 0 Å². The van der Waals surface area contributed by atoms with Crippen LogP contribution in [0.3, 0.4) is 0 Å². The van der Waals surface area contributed by atoms with Crippen LogP contribution in [0.25, 0.3) is 11.0 Å². The Balaban J connectivity index is 2.22. The second kappa shape index (κ2) is 5.19. The van der Waals surface area contributed by atoms with Crippen LogP contribution in [-0.4, -0.2) is 21.0 Å². The minimum absolute atomic E-state index is 0.0189. The molecule has 0 fully saturated rings. The number of carbonyl (C=O) groups excluding carboxylic acids is 1. The molecular weight excluding hydrogens is 264 g/mol. The van der Waals surface area contributed by atoms with E-state index in [0.29, 0.717) is 11.0 Å². The van der Waals surface area contributed by atoms with Crippen molar-refractivity contribution in [2.45, 2.75) is 39.3 Å². The van der Waals surface area contributed by atoms with Gasteiger partial charge in [-0.1, -0.05) is 6.92 Å². The number of aromatic nitrogens is 2. The summed E-state index contributed by atoms with van der Waals surface area (Å²) in [5.74, 6) is -2.09. The molecule has 1 heterocycles. The van der Waals surface area contributed by atoms with E-state index >= 15 is 0 Å². The molecule has 0 aliphatic heterocycles. The number of hydrogen-bond acceptors (Lipinski definition) is 2. The van der Waals surface area contributed by atoms with E-state index < -0.39 is 11.6 Å². The molecule has 20 heavy (non-hydrogen) atoms. The average molecular weight is 281 g/mol. The van der Waals surface area contributed by atoms with Crippen molar-refractivity contribution in [1.29, 1.82) is 0 Å². The highest BCUT2D eigenvalue weighted by Crippen LogP contribution is 2.17.